The van der Waals surface area contributed by atoms with Crippen LogP contribution in [0.1, 0.15) is 11.1 Å². The zero-order chi connectivity index (χ0) is 11.1. The van der Waals surface area contributed by atoms with Crippen molar-refractivity contribution >= 4 is 0 Å². The lowest BCUT2D eigenvalue weighted by molar-refractivity contribution is 0.623. The van der Waals surface area contributed by atoms with Crippen LogP contribution in [0.15, 0.2) is 23.3 Å². The van der Waals surface area contributed by atoms with Gasteiger partial charge in [0.25, 0.3) is 0 Å². The van der Waals surface area contributed by atoms with Crippen LogP contribution in [0, 0.1) is 17.7 Å². The normalized spacial score (nSPS) is 8.67. The quantitative estimate of drug-likeness (QED) is 0.340. The van der Waals surface area contributed by atoms with Gasteiger partial charge in [-0.2, -0.15) is 0 Å². The predicted molar refractivity (Wildman–Crippen MR) is 55.2 cm³/mol. The van der Waals surface area contributed by atoms with Crippen molar-refractivity contribution in [2.24, 2.45) is 10.8 Å². The number of hydrogen-bond acceptors (Lipinski definition) is 2. The van der Waals surface area contributed by atoms with Crippen LogP contribution < -0.4 is 5.73 Å². The summed E-state index contributed by atoms with van der Waals surface area (Å²) in [4.78, 5) is 2.53. The lowest BCUT2D eigenvalue weighted by atomic mass is 10.1. The molecule has 2 N–H and O–H groups in total. The first kappa shape index (κ1) is 11.1. The fourth-order valence-electron chi connectivity index (χ4n) is 0.997. The Hall–Kier alpha value is -2.02. The Bertz CT molecular complexity index is 452. The first-order valence-corrected chi connectivity index (χ1v) is 4.26. The third kappa shape index (κ3) is 3.31. The molecule has 0 aliphatic rings. The van der Waals surface area contributed by atoms with Gasteiger partial charge in [0.1, 0.15) is 5.82 Å². The summed E-state index contributed by atoms with van der Waals surface area (Å²) >= 11 is 0. The Morgan fingerprint density at radius 1 is 1.53 bits per heavy atom. The van der Waals surface area contributed by atoms with E-state index in [9.17, 15) is 4.39 Å². The highest BCUT2D eigenvalue weighted by atomic mass is 19.1. The molecule has 1 aromatic rings. The zero-order valence-corrected chi connectivity index (χ0v) is 7.94. The summed E-state index contributed by atoms with van der Waals surface area (Å²) in [5, 5.41) is 3.22. The average molecular weight is 204 g/mol. The molecule has 0 spiro atoms. The number of benzene rings is 1. The van der Waals surface area contributed by atoms with E-state index in [0.717, 1.165) is 5.56 Å². The highest BCUT2D eigenvalue weighted by Crippen LogP contribution is 2.08. The largest absolute Gasteiger partial charge is 0.326 e. The molecular weight excluding hydrogens is 195 g/mol. The molecule has 0 bridgehead atoms. The minimum absolute atomic E-state index is 0.0305. The SMILES string of the molecule is [N-]=[N+]=NCC#Cc1cc(CN)ccc1F. The molecule has 0 saturated heterocycles. The molecule has 0 heterocycles. The van der Waals surface area contributed by atoms with Gasteiger partial charge in [-0.25, -0.2) is 4.39 Å². The lowest BCUT2D eigenvalue weighted by Gasteiger charge is -1.98. The fourth-order valence-corrected chi connectivity index (χ4v) is 0.997. The van der Waals surface area contributed by atoms with Gasteiger partial charge in [-0.05, 0) is 23.2 Å². The molecule has 0 atom stereocenters. The summed E-state index contributed by atoms with van der Waals surface area (Å²) in [6.07, 6.45) is 0. The Morgan fingerprint density at radius 3 is 3.00 bits per heavy atom. The first-order chi connectivity index (χ1) is 7.27. The van der Waals surface area contributed by atoms with Crippen LogP contribution in [0.25, 0.3) is 10.4 Å². The van der Waals surface area contributed by atoms with Gasteiger partial charge < -0.3 is 5.73 Å². The van der Waals surface area contributed by atoms with E-state index in [1.807, 2.05) is 0 Å². The van der Waals surface area contributed by atoms with Gasteiger partial charge in [0.05, 0.1) is 12.1 Å². The number of nitrogens with two attached hydrogens (primary N) is 1. The molecule has 0 aromatic heterocycles. The minimum atomic E-state index is -0.402. The van der Waals surface area contributed by atoms with Crippen LogP contribution in [0.5, 0.6) is 0 Å². The van der Waals surface area contributed by atoms with Gasteiger partial charge in [-0.3, -0.25) is 0 Å². The molecule has 1 aromatic carbocycles. The molecule has 1 rings (SSSR count). The third-order valence-electron chi connectivity index (χ3n) is 1.70. The van der Waals surface area contributed by atoms with Gasteiger partial charge in [-0.1, -0.05) is 23.0 Å². The summed E-state index contributed by atoms with van der Waals surface area (Å²) < 4.78 is 13.2. The molecule has 15 heavy (non-hydrogen) atoms. The molecule has 0 fully saturated rings. The van der Waals surface area contributed by atoms with Crippen LogP contribution in [0.2, 0.25) is 0 Å². The zero-order valence-electron chi connectivity index (χ0n) is 7.94. The average Bonchev–Trinajstić information content (AvgIpc) is 2.26. The van der Waals surface area contributed by atoms with Crippen LogP contribution in [-0.4, -0.2) is 6.54 Å². The molecular formula is C10H9FN4. The van der Waals surface area contributed by atoms with E-state index in [-0.39, 0.29) is 12.1 Å². The smallest absolute Gasteiger partial charge is 0.138 e. The molecule has 0 radical (unpaired) electrons. The molecule has 4 nitrogen and oxygen atoms in total. The van der Waals surface area contributed by atoms with E-state index >= 15 is 0 Å². The van der Waals surface area contributed by atoms with Gasteiger partial charge >= 0.3 is 0 Å². The van der Waals surface area contributed by atoms with E-state index in [1.54, 1.807) is 12.1 Å². The number of azide groups is 1. The summed E-state index contributed by atoms with van der Waals surface area (Å²) in [6, 6.07) is 4.51. The van der Waals surface area contributed by atoms with Crippen molar-refractivity contribution in [2.45, 2.75) is 6.54 Å². The topological polar surface area (TPSA) is 74.8 Å². The second-order valence-corrected chi connectivity index (χ2v) is 2.71. The van der Waals surface area contributed by atoms with Crippen molar-refractivity contribution in [1.82, 2.24) is 0 Å². The maximum atomic E-state index is 13.2. The van der Waals surface area contributed by atoms with E-state index in [4.69, 9.17) is 11.3 Å². The predicted octanol–water partition coefficient (Wildman–Crippen LogP) is 1.95. The molecule has 5 heteroatoms. The number of hydrogen-bond donors (Lipinski definition) is 1. The van der Waals surface area contributed by atoms with E-state index in [1.165, 1.54) is 6.07 Å². The Balaban J connectivity index is 2.90. The summed E-state index contributed by atoms with van der Waals surface area (Å²) in [7, 11) is 0. The van der Waals surface area contributed by atoms with Crippen LogP contribution in [-0.2, 0) is 6.54 Å². The number of halogens is 1. The van der Waals surface area contributed by atoms with Crippen molar-refractivity contribution in [2.75, 3.05) is 6.54 Å². The maximum absolute atomic E-state index is 13.2. The number of nitrogens with zero attached hydrogens (tertiary/aromatic N) is 3. The second-order valence-electron chi connectivity index (χ2n) is 2.71. The molecule has 0 aliphatic heterocycles. The fraction of sp³-hybridized carbons (Fsp3) is 0.200. The van der Waals surface area contributed by atoms with E-state index in [0.29, 0.717) is 6.54 Å². The summed E-state index contributed by atoms with van der Waals surface area (Å²) in [5.74, 6) is 4.72. The van der Waals surface area contributed by atoms with Crippen molar-refractivity contribution < 1.29 is 4.39 Å². The second kappa shape index (κ2) is 5.66. The lowest BCUT2D eigenvalue weighted by Crippen LogP contribution is -1.97. The molecule has 0 aliphatic carbocycles. The Morgan fingerprint density at radius 2 is 2.33 bits per heavy atom. The monoisotopic (exact) mass is 204 g/mol. The molecule has 76 valence electrons. The van der Waals surface area contributed by atoms with Gasteiger partial charge in [-0.15, -0.1) is 0 Å². The molecule has 0 unspecified atom stereocenters. The highest BCUT2D eigenvalue weighted by Gasteiger charge is 1.99. The van der Waals surface area contributed by atoms with Crippen molar-refractivity contribution in [3.8, 4) is 11.8 Å². The van der Waals surface area contributed by atoms with Crippen molar-refractivity contribution in [3.05, 3.63) is 45.6 Å². The van der Waals surface area contributed by atoms with Gasteiger partial charge in [0, 0.05) is 11.5 Å². The summed E-state index contributed by atoms with van der Waals surface area (Å²) in [6.45, 7) is 0.369. The minimum Gasteiger partial charge on any atom is -0.326 e. The van der Waals surface area contributed by atoms with Crippen molar-refractivity contribution in [1.29, 1.82) is 0 Å². The molecule has 0 saturated carbocycles. The first-order valence-electron chi connectivity index (χ1n) is 4.26. The third-order valence-corrected chi connectivity index (χ3v) is 1.70. The van der Waals surface area contributed by atoms with Gasteiger partial charge in [0.2, 0.25) is 0 Å². The van der Waals surface area contributed by atoms with Crippen molar-refractivity contribution in [3.63, 3.8) is 0 Å². The van der Waals surface area contributed by atoms with Crippen LogP contribution in [0.4, 0.5) is 4.39 Å². The van der Waals surface area contributed by atoms with Crippen LogP contribution in [0.3, 0.4) is 0 Å². The standard InChI is InChI=1S/C10H9FN4/c11-10-4-3-8(7-12)6-9(10)2-1-5-14-15-13/h3-4,6H,5,7,12H2. The van der Waals surface area contributed by atoms with Crippen LogP contribution >= 0.6 is 0 Å². The highest BCUT2D eigenvalue weighted by molar-refractivity contribution is 5.38. The Kier molecular flexibility index (Phi) is 4.17. The molecule has 0 amide bonds. The number of rotatable bonds is 2. The van der Waals surface area contributed by atoms with E-state index < -0.39 is 5.82 Å². The Labute approximate surface area is 86.5 Å². The summed E-state index contributed by atoms with van der Waals surface area (Å²) in [5.41, 5.74) is 14.5. The van der Waals surface area contributed by atoms with Gasteiger partial charge in [0.15, 0.2) is 0 Å². The maximum Gasteiger partial charge on any atom is 0.138 e. The van der Waals surface area contributed by atoms with E-state index in [2.05, 4.69) is 21.9 Å².